The lowest BCUT2D eigenvalue weighted by molar-refractivity contribution is -0.384. The minimum absolute atomic E-state index is 0.0335. The van der Waals surface area contributed by atoms with Crippen LogP contribution in [0.4, 0.5) is 17.1 Å². The first kappa shape index (κ1) is 26.2. The molecule has 1 N–H and O–H groups in total. The average Bonchev–Trinajstić information content (AvgIpc) is 2.96. The number of ether oxygens (including phenoxy) is 2. The second-order valence-electron chi connectivity index (χ2n) is 8.60. The number of hydrogen-bond donors (Lipinski definition) is 1. The van der Waals surface area contributed by atoms with Gasteiger partial charge in [-0.15, -0.1) is 0 Å². The Labute approximate surface area is 220 Å². The van der Waals surface area contributed by atoms with E-state index in [2.05, 4.69) is 10.2 Å². The summed E-state index contributed by atoms with van der Waals surface area (Å²) in [6.07, 6.45) is 2.86. The van der Waals surface area contributed by atoms with Crippen LogP contribution in [0.3, 0.4) is 0 Å². The normalized spacial score (nSPS) is 13.3. The summed E-state index contributed by atoms with van der Waals surface area (Å²) in [4.78, 5) is 39.7. The van der Waals surface area contributed by atoms with E-state index in [1.165, 1.54) is 24.3 Å². The standard InChI is InChI=1S/C28H28N4O6/c1-37-25-17-21(18-26(19-25)38-2)28(34)31-14-12-30(13-15-31)23-9-7-22(8-10-23)29-27(33)11-6-20-4-3-5-24(16-20)32(35)36/h3-11,16-19H,12-15H2,1-2H3,(H,29,33)/b11-6+. The molecule has 1 aliphatic heterocycles. The van der Waals surface area contributed by atoms with Crippen molar-refractivity contribution >= 4 is 35.0 Å². The topological polar surface area (TPSA) is 114 Å². The predicted molar refractivity (Wildman–Crippen MR) is 145 cm³/mol. The molecule has 10 heteroatoms. The monoisotopic (exact) mass is 516 g/mol. The average molecular weight is 517 g/mol. The summed E-state index contributed by atoms with van der Waals surface area (Å²) >= 11 is 0. The summed E-state index contributed by atoms with van der Waals surface area (Å²) in [7, 11) is 3.10. The van der Waals surface area contributed by atoms with Crippen molar-refractivity contribution in [2.75, 3.05) is 50.6 Å². The fourth-order valence-electron chi connectivity index (χ4n) is 4.13. The van der Waals surface area contributed by atoms with Gasteiger partial charge in [0.1, 0.15) is 11.5 Å². The number of hydrogen-bond acceptors (Lipinski definition) is 7. The second kappa shape index (κ2) is 11.9. The first-order valence-corrected chi connectivity index (χ1v) is 12.0. The first-order chi connectivity index (χ1) is 18.4. The van der Waals surface area contributed by atoms with Crippen LogP contribution in [0.15, 0.2) is 72.8 Å². The molecule has 38 heavy (non-hydrogen) atoms. The number of carbonyl (C=O) groups is 2. The Hall–Kier alpha value is -4.86. The van der Waals surface area contributed by atoms with Crippen molar-refractivity contribution < 1.29 is 24.0 Å². The molecule has 0 radical (unpaired) electrons. The van der Waals surface area contributed by atoms with Crippen molar-refractivity contribution in [1.29, 1.82) is 0 Å². The number of methoxy groups -OCH3 is 2. The first-order valence-electron chi connectivity index (χ1n) is 12.0. The number of nitro benzene ring substituents is 1. The van der Waals surface area contributed by atoms with E-state index in [1.807, 2.05) is 29.2 Å². The number of nitrogens with one attached hydrogen (secondary N) is 1. The summed E-state index contributed by atoms with van der Waals surface area (Å²) in [6, 6.07) is 18.7. The lowest BCUT2D eigenvalue weighted by atomic mass is 10.1. The molecule has 1 saturated heterocycles. The molecule has 1 fully saturated rings. The van der Waals surface area contributed by atoms with Gasteiger partial charge in [0, 0.05) is 67.4 Å². The van der Waals surface area contributed by atoms with Gasteiger partial charge in [0.05, 0.1) is 19.1 Å². The molecule has 1 heterocycles. The molecular weight excluding hydrogens is 488 g/mol. The van der Waals surface area contributed by atoms with E-state index in [0.29, 0.717) is 54.5 Å². The smallest absolute Gasteiger partial charge is 0.270 e. The highest BCUT2D eigenvalue weighted by atomic mass is 16.6. The lowest BCUT2D eigenvalue weighted by Crippen LogP contribution is -2.48. The number of rotatable bonds is 8. The van der Waals surface area contributed by atoms with Crippen molar-refractivity contribution in [1.82, 2.24) is 4.90 Å². The lowest BCUT2D eigenvalue weighted by Gasteiger charge is -2.36. The third-order valence-electron chi connectivity index (χ3n) is 6.17. The van der Waals surface area contributed by atoms with E-state index < -0.39 is 4.92 Å². The number of benzene rings is 3. The van der Waals surface area contributed by atoms with Gasteiger partial charge in [0.25, 0.3) is 11.6 Å². The van der Waals surface area contributed by atoms with Gasteiger partial charge in [0.2, 0.25) is 5.91 Å². The van der Waals surface area contributed by atoms with Gasteiger partial charge < -0.3 is 24.6 Å². The Morgan fingerprint density at radius 1 is 0.921 bits per heavy atom. The Morgan fingerprint density at radius 2 is 1.58 bits per heavy atom. The SMILES string of the molecule is COc1cc(OC)cc(C(=O)N2CCN(c3ccc(NC(=O)/C=C/c4cccc([N+](=O)[O-])c4)cc3)CC2)c1. The van der Waals surface area contributed by atoms with E-state index >= 15 is 0 Å². The minimum Gasteiger partial charge on any atom is -0.497 e. The highest BCUT2D eigenvalue weighted by Crippen LogP contribution is 2.25. The van der Waals surface area contributed by atoms with E-state index in [-0.39, 0.29) is 17.5 Å². The largest absolute Gasteiger partial charge is 0.497 e. The molecule has 0 bridgehead atoms. The summed E-state index contributed by atoms with van der Waals surface area (Å²) < 4.78 is 10.6. The van der Waals surface area contributed by atoms with E-state index in [9.17, 15) is 19.7 Å². The number of piperazine rings is 1. The number of non-ortho nitro benzene ring substituents is 1. The number of nitrogens with zero attached hydrogens (tertiary/aromatic N) is 3. The maximum absolute atomic E-state index is 13.0. The Morgan fingerprint density at radius 3 is 2.18 bits per heavy atom. The van der Waals surface area contributed by atoms with E-state index in [4.69, 9.17) is 9.47 Å². The Bertz CT molecular complexity index is 1330. The quantitative estimate of drug-likeness (QED) is 0.271. The van der Waals surface area contributed by atoms with Gasteiger partial charge in [-0.3, -0.25) is 19.7 Å². The summed E-state index contributed by atoms with van der Waals surface area (Å²) in [5.41, 5.74) is 2.67. The molecule has 4 rings (SSSR count). The summed E-state index contributed by atoms with van der Waals surface area (Å²) in [5.74, 6) is 0.722. The maximum Gasteiger partial charge on any atom is 0.270 e. The zero-order valence-electron chi connectivity index (χ0n) is 21.1. The molecule has 3 aromatic rings. The van der Waals surface area contributed by atoms with Gasteiger partial charge in [0.15, 0.2) is 0 Å². The predicted octanol–water partition coefficient (Wildman–Crippen LogP) is 4.23. The summed E-state index contributed by atoms with van der Waals surface area (Å²) in [5, 5.41) is 13.7. The van der Waals surface area contributed by atoms with Gasteiger partial charge >= 0.3 is 0 Å². The van der Waals surface area contributed by atoms with Crippen LogP contribution < -0.4 is 19.7 Å². The van der Waals surface area contributed by atoms with Gasteiger partial charge in [-0.05, 0) is 48.0 Å². The zero-order valence-corrected chi connectivity index (χ0v) is 21.1. The van der Waals surface area contributed by atoms with Crippen molar-refractivity contribution in [2.24, 2.45) is 0 Å². The molecule has 0 aliphatic carbocycles. The fraction of sp³-hybridized carbons (Fsp3) is 0.214. The van der Waals surface area contributed by atoms with Gasteiger partial charge in [-0.1, -0.05) is 12.1 Å². The van der Waals surface area contributed by atoms with Crippen molar-refractivity contribution in [3.63, 3.8) is 0 Å². The molecule has 0 saturated carbocycles. The molecule has 0 unspecified atom stereocenters. The minimum atomic E-state index is -0.477. The molecule has 196 valence electrons. The number of nitro groups is 1. The van der Waals surface area contributed by atoms with Crippen LogP contribution in [-0.2, 0) is 4.79 Å². The number of carbonyl (C=O) groups excluding carboxylic acids is 2. The van der Waals surface area contributed by atoms with Crippen LogP contribution >= 0.6 is 0 Å². The van der Waals surface area contributed by atoms with E-state index in [0.717, 1.165) is 5.69 Å². The second-order valence-corrected chi connectivity index (χ2v) is 8.60. The Balaban J connectivity index is 1.31. The van der Waals surface area contributed by atoms with Gasteiger partial charge in [-0.2, -0.15) is 0 Å². The van der Waals surface area contributed by atoms with Crippen molar-refractivity contribution in [3.8, 4) is 11.5 Å². The van der Waals surface area contributed by atoms with Crippen LogP contribution in [0.5, 0.6) is 11.5 Å². The van der Waals surface area contributed by atoms with Crippen LogP contribution in [0.25, 0.3) is 6.08 Å². The highest BCUT2D eigenvalue weighted by Gasteiger charge is 2.23. The van der Waals surface area contributed by atoms with Crippen LogP contribution in [-0.4, -0.2) is 62.0 Å². The highest BCUT2D eigenvalue weighted by molar-refractivity contribution is 6.02. The van der Waals surface area contributed by atoms with Crippen molar-refractivity contribution in [2.45, 2.75) is 0 Å². The molecule has 0 atom stereocenters. The number of amides is 2. The molecule has 3 aromatic carbocycles. The van der Waals surface area contributed by atoms with Gasteiger partial charge in [-0.25, -0.2) is 0 Å². The third kappa shape index (κ3) is 6.47. The van der Waals surface area contributed by atoms with Crippen LogP contribution in [0, 0.1) is 10.1 Å². The fourth-order valence-corrected chi connectivity index (χ4v) is 4.13. The number of anilines is 2. The van der Waals surface area contributed by atoms with Crippen molar-refractivity contribution in [3.05, 3.63) is 94.0 Å². The van der Waals surface area contributed by atoms with Crippen LogP contribution in [0.1, 0.15) is 15.9 Å². The van der Waals surface area contributed by atoms with E-state index in [1.54, 1.807) is 44.6 Å². The summed E-state index contributed by atoms with van der Waals surface area (Å²) in [6.45, 7) is 2.48. The Kier molecular flexibility index (Phi) is 8.22. The molecule has 2 amide bonds. The third-order valence-corrected chi connectivity index (χ3v) is 6.17. The zero-order chi connectivity index (χ0) is 27.1. The molecular formula is C28H28N4O6. The molecule has 1 aliphatic rings. The molecule has 0 spiro atoms. The maximum atomic E-state index is 13.0. The van der Waals surface area contributed by atoms with Crippen LogP contribution in [0.2, 0.25) is 0 Å². The molecule has 0 aromatic heterocycles. The molecule has 10 nitrogen and oxygen atoms in total.